The molecule has 0 aliphatic carbocycles. The lowest BCUT2D eigenvalue weighted by molar-refractivity contribution is 0.652. The topological polar surface area (TPSA) is 12.0 Å². The molecule has 0 aliphatic rings. The van der Waals surface area contributed by atoms with Crippen LogP contribution in [0.25, 0.3) is 0 Å². The Morgan fingerprint density at radius 1 is 1.27 bits per heavy atom. The molecule has 0 saturated carbocycles. The summed E-state index contributed by atoms with van der Waals surface area (Å²) in [6.07, 6.45) is 0. The molecular weight excluding hydrogens is 249 g/mol. The maximum absolute atomic E-state index is 3.20. The van der Waals surface area contributed by atoms with Crippen LogP contribution < -0.4 is 5.32 Å². The summed E-state index contributed by atoms with van der Waals surface area (Å²) in [5.41, 5.74) is 1.34. The molecule has 0 aromatic heterocycles. The molecule has 0 fully saturated rings. The fraction of sp³-hybridized carbons (Fsp3) is 0.333. The molecule has 1 unspecified atom stereocenters. The zero-order valence-corrected chi connectivity index (χ0v) is 8.92. The van der Waals surface area contributed by atoms with Gasteiger partial charge in [-0.2, -0.15) is 0 Å². The summed E-state index contributed by atoms with van der Waals surface area (Å²) in [7, 11) is 1.97. The van der Waals surface area contributed by atoms with Crippen LogP contribution >= 0.6 is 22.6 Å². The van der Waals surface area contributed by atoms with Crippen LogP contribution in [0.1, 0.15) is 18.5 Å². The van der Waals surface area contributed by atoms with Crippen LogP contribution in [0.3, 0.4) is 0 Å². The first-order chi connectivity index (χ1) is 5.24. The van der Waals surface area contributed by atoms with Gasteiger partial charge in [-0.25, -0.2) is 0 Å². The van der Waals surface area contributed by atoms with Gasteiger partial charge in [0.2, 0.25) is 0 Å². The van der Waals surface area contributed by atoms with Crippen molar-refractivity contribution in [3.8, 4) is 0 Å². The van der Waals surface area contributed by atoms with Gasteiger partial charge in [0.1, 0.15) is 0 Å². The van der Waals surface area contributed by atoms with E-state index in [0.29, 0.717) is 6.04 Å². The van der Waals surface area contributed by atoms with Crippen molar-refractivity contribution in [3.05, 3.63) is 33.4 Å². The molecule has 1 nitrogen and oxygen atoms in total. The van der Waals surface area contributed by atoms with E-state index in [1.165, 1.54) is 9.13 Å². The Morgan fingerprint density at radius 2 is 1.82 bits per heavy atom. The van der Waals surface area contributed by atoms with Crippen molar-refractivity contribution in [2.75, 3.05) is 7.05 Å². The average molecular weight is 261 g/mol. The molecule has 11 heavy (non-hydrogen) atoms. The number of halogens is 1. The Kier molecular flexibility index (Phi) is 3.33. The zero-order chi connectivity index (χ0) is 8.27. The van der Waals surface area contributed by atoms with E-state index in [9.17, 15) is 0 Å². The molecule has 1 rings (SSSR count). The Labute approximate surface area is 81.3 Å². The normalized spacial score (nSPS) is 13.0. The van der Waals surface area contributed by atoms with Gasteiger partial charge in [0, 0.05) is 9.61 Å². The van der Waals surface area contributed by atoms with E-state index in [0.717, 1.165) is 0 Å². The summed E-state index contributed by atoms with van der Waals surface area (Å²) >= 11 is 2.31. The Hall–Kier alpha value is -0.0900. The third kappa shape index (κ3) is 2.45. The highest BCUT2D eigenvalue weighted by Gasteiger charge is 1.99. The van der Waals surface area contributed by atoms with Gasteiger partial charge in [0.25, 0.3) is 0 Å². The van der Waals surface area contributed by atoms with Crippen LogP contribution in [-0.2, 0) is 0 Å². The van der Waals surface area contributed by atoms with Crippen LogP contribution in [0.15, 0.2) is 24.3 Å². The second-order valence-electron chi connectivity index (χ2n) is 2.56. The second-order valence-corrected chi connectivity index (χ2v) is 3.81. The van der Waals surface area contributed by atoms with E-state index in [-0.39, 0.29) is 0 Å². The van der Waals surface area contributed by atoms with E-state index >= 15 is 0 Å². The van der Waals surface area contributed by atoms with Crippen LogP contribution in [0.4, 0.5) is 0 Å². The summed E-state index contributed by atoms with van der Waals surface area (Å²) < 4.78 is 1.29. The largest absolute Gasteiger partial charge is 0.313 e. The molecule has 2 heteroatoms. The number of hydrogen-bond donors (Lipinski definition) is 1. The number of rotatable bonds is 2. The molecule has 0 heterocycles. The van der Waals surface area contributed by atoms with Crippen molar-refractivity contribution in [1.29, 1.82) is 0 Å². The number of hydrogen-bond acceptors (Lipinski definition) is 1. The maximum atomic E-state index is 3.20. The minimum absolute atomic E-state index is 0.451. The fourth-order valence-electron chi connectivity index (χ4n) is 0.918. The molecule has 0 saturated heterocycles. The van der Waals surface area contributed by atoms with Gasteiger partial charge in [0.15, 0.2) is 0 Å². The molecule has 0 radical (unpaired) electrons. The third-order valence-electron chi connectivity index (χ3n) is 1.80. The summed E-state index contributed by atoms with van der Waals surface area (Å²) in [5.74, 6) is 0. The van der Waals surface area contributed by atoms with Crippen LogP contribution in [0.2, 0.25) is 0 Å². The first kappa shape index (κ1) is 9.00. The van der Waals surface area contributed by atoms with Gasteiger partial charge in [-0.15, -0.1) is 0 Å². The lowest BCUT2D eigenvalue weighted by Gasteiger charge is -2.09. The molecule has 0 spiro atoms. The van der Waals surface area contributed by atoms with E-state index in [2.05, 4.69) is 59.1 Å². The highest BCUT2D eigenvalue weighted by molar-refractivity contribution is 14.1. The summed E-state index contributed by atoms with van der Waals surface area (Å²) in [6.45, 7) is 2.15. The van der Waals surface area contributed by atoms with Crippen molar-refractivity contribution in [1.82, 2.24) is 5.32 Å². The van der Waals surface area contributed by atoms with E-state index < -0.39 is 0 Å². The molecular formula is C9H12IN. The minimum atomic E-state index is 0.451. The Morgan fingerprint density at radius 3 is 2.27 bits per heavy atom. The molecule has 60 valence electrons. The molecule has 1 N–H and O–H groups in total. The predicted octanol–water partition coefficient (Wildman–Crippen LogP) is 2.57. The fourth-order valence-corrected chi connectivity index (χ4v) is 1.28. The predicted molar refractivity (Wildman–Crippen MR) is 56.6 cm³/mol. The monoisotopic (exact) mass is 261 g/mol. The minimum Gasteiger partial charge on any atom is -0.313 e. The maximum Gasteiger partial charge on any atom is 0.0289 e. The van der Waals surface area contributed by atoms with Crippen molar-refractivity contribution in [2.45, 2.75) is 13.0 Å². The first-order valence-electron chi connectivity index (χ1n) is 3.67. The van der Waals surface area contributed by atoms with Gasteiger partial charge < -0.3 is 5.32 Å². The van der Waals surface area contributed by atoms with Crippen LogP contribution in [0.5, 0.6) is 0 Å². The average Bonchev–Trinajstić information content (AvgIpc) is 2.05. The van der Waals surface area contributed by atoms with Crippen LogP contribution in [-0.4, -0.2) is 7.05 Å². The third-order valence-corrected chi connectivity index (χ3v) is 2.52. The van der Waals surface area contributed by atoms with Crippen LogP contribution in [0, 0.1) is 3.57 Å². The molecule has 0 bridgehead atoms. The molecule has 1 aromatic rings. The second kappa shape index (κ2) is 4.07. The SMILES string of the molecule is CNC(C)c1ccc(I)cc1. The van der Waals surface area contributed by atoms with Gasteiger partial charge in [0.05, 0.1) is 0 Å². The zero-order valence-electron chi connectivity index (χ0n) is 6.76. The van der Waals surface area contributed by atoms with Crippen molar-refractivity contribution >= 4 is 22.6 Å². The molecule has 0 aliphatic heterocycles. The Bertz CT molecular complexity index is 218. The number of nitrogens with one attached hydrogen (secondary N) is 1. The summed E-state index contributed by atoms with van der Waals surface area (Å²) in [6, 6.07) is 9.02. The van der Waals surface area contributed by atoms with Gasteiger partial charge in [-0.3, -0.25) is 0 Å². The van der Waals surface area contributed by atoms with E-state index in [1.807, 2.05) is 7.05 Å². The lowest BCUT2D eigenvalue weighted by Crippen LogP contribution is -2.11. The molecule has 0 amide bonds. The lowest BCUT2D eigenvalue weighted by atomic mass is 10.1. The number of benzene rings is 1. The summed E-state index contributed by atoms with van der Waals surface area (Å²) in [5, 5.41) is 3.20. The van der Waals surface area contributed by atoms with Crippen molar-refractivity contribution < 1.29 is 0 Å². The smallest absolute Gasteiger partial charge is 0.0289 e. The van der Waals surface area contributed by atoms with Gasteiger partial charge >= 0.3 is 0 Å². The standard InChI is InChI=1S/C9H12IN/c1-7(11-2)8-3-5-9(10)6-4-8/h3-7,11H,1-2H3. The van der Waals surface area contributed by atoms with Gasteiger partial charge in [-0.05, 0) is 54.3 Å². The van der Waals surface area contributed by atoms with E-state index in [1.54, 1.807) is 0 Å². The Balaban J connectivity index is 2.81. The first-order valence-corrected chi connectivity index (χ1v) is 4.74. The highest BCUT2D eigenvalue weighted by Crippen LogP contribution is 2.13. The van der Waals surface area contributed by atoms with Crippen molar-refractivity contribution in [3.63, 3.8) is 0 Å². The van der Waals surface area contributed by atoms with E-state index in [4.69, 9.17) is 0 Å². The molecule has 1 aromatic carbocycles. The molecule has 1 atom stereocenters. The van der Waals surface area contributed by atoms with Gasteiger partial charge in [-0.1, -0.05) is 12.1 Å². The quantitative estimate of drug-likeness (QED) is 0.807. The highest BCUT2D eigenvalue weighted by atomic mass is 127. The summed E-state index contributed by atoms with van der Waals surface area (Å²) in [4.78, 5) is 0. The van der Waals surface area contributed by atoms with Crippen molar-refractivity contribution in [2.24, 2.45) is 0 Å².